The van der Waals surface area contributed by atoms with Gasteiger partial charge in [0.2, 0.25) is 5.91 Å². The molecule has 3 N–H and O–H groups in total. The zero-order valence-corrected chi connectivity index (χ0v) is 22.5. The van der Waals surface area contributed by atoms with E-state index in [1.165, 1.54) is 36.4 Å². The van der Waals surface area contributed by atoms with Gasteiger partial charge in [0.25, 0.3) is 5.92 Å². The molecule has 0 spiro atoms. The molecule has 1 aliphatic carbocycles. The van der Waals surface area contributed by atoms with Gasteiger partial charge >= 0.3 is 0 Å². The van der Waals surface area contributed by atoms with E-state index in [0.717, 1.165) is 11.1 Å². The van der Waals surface area contributed by atoms with Crippen molar-refractivity contribution in [3.8, 4) is 5.75 Å². The number of anilines is 1. The molecule has 0 radical (unpaired) electrons. The average molecular weight is 576 g/mol. The van der Waals surface area contributed by atoms with E-state index in [-0.39, 0.29) is 36.4 Å². The van der Waals surface area contributed by atoms with Gasteiger partial charge in [0.15, 0.2) is 6.10 Å². The van der Waals surface area contributed by atoms with Gasteiger partial charge in [-0.15, -0.1) is 0 Å². The second-order valence-electron chi connectivity index (χ2n) is 10.3. The molecule has 5 rings (SSSR count). The van der Waals surface area contributed by atoms with Gasteiger partial charge in [0.05, 0.1) is 37.2 Å². The number of nitrogens with zero attached hydrogens (tertiary/aromatic N) is 1. The highest BCUT2D eigenvalue weighted by Crippen LogP contribution is 2.42. The van der Waals surface area contributed by atoms with Gasteiger partial charge < -0.3 is 25.0 Å². The summed E-state index contributed by atoms with van der Waals surface area (Å²) in [6.07, 6.45) is -2.40. The fraction of sp³-hybridized carbons (Fsp3) is 0.387. The Bertz CT molecular complexity index is 1290. The predicted octanol–water partition coefficient (Wildman–Crippen LogP) is 5.72. The Labute approximate surface area is 235 Å². The second-order valence-corrected chi connectivity index (χ2v) is 10.3. The minimum absolute atomic E-state index is 0.0854. The van der Waals surface area contributed by atoms with Gasteiger partial charge in [-0.3, -0.25) is 4.79 Å². The summed E-state index contributed by atoms with van der Waals surface area (Å²) in [5.74, 6) is -5.14. The summed E-state index contributed by atoms with van der Waals surface area (Å²) in [4.78, 5) is 13.6. The number of halogens is 4. The first-order chi connectivity index (χ1) is 19.5. The number of rotatable bonds is 7. The Balaban J connectivity index is 0.000000296. The lowest BCUT2D eigenvalue weighted by atomic mass is 9.82. The van der Waals surface area contributed by atoms with Crippen LogP contribution < -0.4 is 9.64 Å². The zero-order chi connectivity index (χ0) is 29.7. The van der Waals surface area contributed by atoms with E-state index in [2.05, 4.69) is 0 Å². The van der Waals surface area contributed by atoms with Crippen molar-refractivity contribution in [2.45, 2.75) is 62.9 Å². The molecule has 1 amide bonds. The van der Waals surface area contributed by atoms with Gasteiger partial charge in [-0.2, -0.15) is 0 Å². The standard InChI is InChI=1S/C22H22F3NO4.C9H11FO/c23-15-3-5-16(6-4-15)26-19(11-21(26)29)13-1-7-18(8-2-13)30-20-10-17(28)9-14(12-27)22(20,24)25;1-2-9(11)7-3-5-8(10)6-4-7/h1-8,14,17,19-20,27-28H,9-12H2;3-6,9,11H,2H2,1H3. The van der Waals surface area contributed by atoms with Gasteiger partial charge in [-0.1, -0.05) is 31.2 Å². The van der Waals surface area contributed by atoms with E-state index < -0.39 is 42.6 Å². The second kappa shape index (κ2) is 13.0. The van der Waals surface area contributed by atoms with Crippen LogP contribution in [0.3, 0.4) is 0 Å². The third-order valence-electron chi connectivity index (χ3n) is 7.47. The number of ether oxygens (including phenoxy) is 1. The third kappa shape index (κ3) is 7.06. The summed E-state index contributed by atoms with van der Waals surface area (Å²) in [6, 6.07) is 17.8. The molecule has 1 heterocycles. The van der Waals surface area contributed by atoms with E-state index in [4.69, 9.17) is 4.74 Å². The highest BCUT2D eigenvalue weighted by molar-refractivity contribution is 6.01. The molecule has 2 fully saturated rings. The van der Waals surface area contributed by atoms with Crippen molar-refractivity contribution in [2.24, 2.45) is 5.92 Å². The topological polar surface area (TPSA) is 90.2 Å². The van der Waals surface area contributed by atoms with Crippen LogP contribution in [0, 0.1) is 17.6 Å². The maximum atomic E-state index is 14.5. The number of β-lactam (4-membered cyclic amide) rings is 1. The van der Waals surface area contributed by atoms with Crippen molar-refractivity contribution in [1.82, 2.24) is 0 Å². The predicted molar refractivity (Wildman–Crippen MR) is 145 cm³/mol. The van der Waals surface area contributed by atoms with Crippen LogP contribution in [-0.4, -0.2) is 46.0 Å². The van der Waals surface area contributed by atoms with Crippen molar-refractivity contribution in [3.63, 3.8) is 0 Å². The Hall–Kier alpha value is -3.47. The van der Waals surface area contributed by atoms with Crippen LogP contribution in [0.25, 0.3) is 0 Å². The molecule has 0 bridgehead atoms. The molecule has 1 aliphatic heterocycles. The summed E-state index contributed by atoms with van der Waals surface area (Å²) in [7, 11) is 0. The Morgan fingerprint density at radius 1 is 0.951 bits per heavy atom. The van der Waals surface area contributed by atoms with E-state index in [9.17, 15) is 37.7 Å². The van der Waals surface area contributed by atoms with Gasteiger partial charge in [0.1, 0.15) is 17.4 Å². The quantitative estimate of drug-likeness (QED) is 0.248. The molecule has 220 valence electrons. The molecule has 0 aromatic heterocycles. The highest BCUT2D eigenvalue weighted by Gasteiger charge is 2.53. The smallest absolute Gasteiger partial charge is 0.289 e. The number of carbonyl (C=O) groups excluding carboxylic acids is 1. The minimum Gasteiger partial charge on any atom is -0.484 e. The largest absolute Gasteiger partial charge is 0.484 e. The highest BCUT2D eigenvalue weighted by atomic mass is 19.3. The molecular formula is C31H33F4NO5. The summed E-state index contributed by atoms with van der Waals surface area (Å²) >= 11 is 0. The van der Waals surface area contributed by atoms with Crippen molar-refractivity contribution in [3.05, 3.63) is 95.6 Å². The van der Waals surface area contributed by atoms with E-state index in [1.54, 1.807) is 41.3 Å². The fourth-order valence-electron chi connectivity index (χ4n) is 5.03. The molecule has 5 unspecified atom stereocenters. The number of carbonyl (C=O) groups is 1. The van der Waals surface area contributed by atoms with Crippen molar-refractivity contribution < 1.29 is 42.4 Å². The lowest BCUT2D eigenvalue weighted by Gasteiger charge is -2.41. The Morgan fingerprint density at radius 3 is 2.07 bits per heavy atom. The van der Waals surface area contributed by atoms with Crippen molar-refractivity contribution in [2.75, 3.05) is 11.5 Å². The fourth-order valence-corrected chi connectivity index (χ4v) is 5.03. The zero-order valence-electron chi connectivity index (χ0n) is 22.5. The summed E-state index contributed by atoms with van der Waals surface area (Å²) in [6.45, 7) is 1.16. The molecule has 3 aromatic rings. The SMILES string of the molecule is CCC(O)c1ccc(F)cc1.O=C1CC(c2ccc(OC3CC(O)CC(CO)C3(F)F)cc2)N1c1ccc(F)cc1. The van der Waals surface area contributed by atoms with Crippen LogP contribution >= 0.6 is 0 Å². The van der Waals surface area contributed by atoms with Crippen LogP contribution in [-0.2, 0) is 4.79 Å². The average Bonchev–Trinajstić information content (AvgIpc) is 2.95. The maximum Gasteiger partial charge on any atom is 0.289 e. The summed E-state index contributed by atoms with van der Waals surface area (Å²) in [5, 5.41) is 28.4. The third-order valence-corrected chi connectivity index (χ3v) is 7.47. The first kappa shape index (κ1) is 30.5. The van der Waals surface area contributed by atoms with Crippen LogP contribution in [0.15, 0.2) is 72.8 Å². The number of amides is 1. The van der Waals surface area contributed by atoms with Crippen LogP contribution in [0.1, 0.15) is 55.9 Å². The first-order valence-electron chi connectivity index (χ1n) is 13.5. The van der Waals surface area contributed by atoms with Crippen LogP contribution in [0.5, 0.6) is 5.75 Å². The van der Waals surface area contributed by atoms with Crippen LogP contribution in [0.2, 0.25) is 0 Å². The number of alkyl halides is 2. The summed E-state index contributed by atoms with van der Waals surface area (Å²) < 4.78 is 60.0. The number of aliphatic hydroxyl groups excluding tert-OH is 3. The minimum atomic E-state index is -3.26. The normalized spacial score (nSPS) is 24.1. The van der Waals surface area contributed by atoms with E-state index >= 15 is 0 Å². The number of hydrogen-bond donors (Lipinski definition) is 3. The summed E-state index contributed by atoms with van der Waals surface area (Å²) in [5.41, 5.74) is 2.16. The lowest BCUT2D eigenvalue weighted by molar-refractivity contribution is -0.187. The molecule has 1 saturated heterocycles. The van der Waals surface area contributed by atoms with Crippen molar-refractivity contribution >= 4 is 11.6 Å². The Kier molecular flexibility index (Phi) is 9.68. The monoisotopic (exact) mass is 575 g/mol. The van der Waals surface area contributed by atoms with Gasteiger partial charge in [-0.05, 0) is 72.5 Å². The molecule has 5 atom stereocenters. The molecule has 6 nitrogen and oxygen atoms in total. The first-order valence-corrected chi connectivity index (χ1v) is 13.5. The molecule has 1 saturated carbocycles. The molecule has 3 aromatic carbocycles. The van der Waals surface area contributed by atoms with Gasteiger partial charge in [0, 0.05) is 12.1 Å². The molecular weight excluding hydrogens is 542 g/mol. The maximum absolute atomic E-state index is 14.5. The lowest BCUT2D eigenvalue weighted by Crippen LogP contribution is -2.52. The van der Waals surface area contributed by atoms with E-state index in [1.807, 2.05) is 6.92 Å². The number of hydrogen-bond acceptors (Lipinski definition) is 5. The number of benzene rings is 3. The van der Waals surface area contributed by atoms with Crippen molar-refractivity contribution in [1.29, 1.82) is 0 Å². The molecule has 2 aliphatic rings. The molecule has 41 heavy (non-hydrogen) atoms. The Morgan fingerprint density at radius 2 is 1.54 bits per heavy atom. The van der Waals surface area contributed by atoms with Crippen LogP contribution in [0.4, 0.5) is 23.2 Å². The molecule has 10 heteroatoms. The van der Waals surface area contributed by atoms with Gasteiger partial charge in [-0.25, -0.2) is 17.6 Å². The van der Waals surface area contributed by atoms with E-state index in [0.29, 0.717) is 18.5 Å². The number of aliphatic hydroxyl groups is 3.